The Hall–Kier alpha value is -1.73. The minimum absolute atomic E-state index is 0.112. The van der Waals surface area contributed by atoms with Crippen LogP contribution in [0.15, 0.2) is 29.4 Å². The van der Waals surface area contributed by atoms with Crippen molar-refractivity contribution in [2.45, 2.75) is 37.4 Å². The molecule has 1 aromatic heterocycles. The lowest BCUT2D eigenvalue weighted by molar-refractivity contribution is 0.527. The van der Waals surface area contributed by atoms with Gasteiger partial charge in [0.1, 0.15) is 5.82 Å². The maximum absolute atomic E-state index is 11.6. The van der Waals surface area contributed by atoms with E-state index in [9.17, 15) is 8.42 Å². The van der Waals surface area contributed by atoms with Gasteiger partial charge in [-0.15, -0.1) is 10.2 Å². The number of hydrogen-bond acceptors (Lipinski definition) is 4. The van der Waals surface area contributed by atoms with E-state index < -0.39 is 10.0 Å². The van der Waals surface area contributed by atoms with E-state index in [0.29, 0.717) is 12.4 Å². The van der Waals surface area contributed by atoms with E-state index in [1.165, 1.54) is 11.1 Å². The minimum atomic E-state index is -3.84. The molecule has 0 radical (unpaired) electrons. The largest absolute Gasteiger partial charge is 0.300 e. The van der Waals surface area contributed by atoms with Crippen molar-refractivity contribution in [3.8, 4) is 0 Å². The van der Waals surface area contributed by atoms with Crippen molar-refractivity contribution >= 4 is 10.0 Å². The van der Waals surface area contributed by atoms with Crippen LogP contribution in [0.1, 0.15) is 36.2 Å². The predicted octanol–water partition coefficient (Wildman–Crippen LogP) is 1.02. The first kappa shape index (κ1) is 13.3. The number of aromatic nitrogens is 3. The van der Waals surface area contributed by atoms with Crippen molar-refractivity contribution in [1.82, 2.24) is 14.8 Å². The molecular weight excluding hydrogens is 276 g/mol. The van der Waals surface area contributed by atoms with Gasteiger partial charge in [-0.25, -0.2) is 13.6 Å². The molecule has 1 aliphatic rings. The Morgan fingerprint density at radius 1 is 1.35 bits per heavy atom. The summed E-state index contributed by atoms with van der Waals surface area (Å²) >= 11 is 0. The fourth-order valence-corrected chi connectivity index (χ4v) is 3.34. The maximum Gasteiger partial charge on any atom is 0.273 e. The van der Waals surface area contributed by atoms with Gasteiger partial charge in [-0.05, 0) is 24.0 Å². The van der Waals surface area contributed by atoms with Crippen LogP contribution in [0.3, 0.4) is 0 Å². The van der Waals surface area contributed by atoms with Crippen molar-refractivity contribution in [3.05, 3.63) is 41.2 Å². The third-order valence-corrected chi connectivity index (χ3v) is 4.42. The zero-order chi connectivity index (χ0) is 14.3. The molecule has 0 bridgehead atoms. The highest BCUT2D eigenvalue weighted by Gasteiger charge is 2.33. The average Bonchev–Trinajstić information content (AvgIpc) is 2.75. The second-order valence-corrected chi connectivity index (χ2v) is 6.45. The predicted molar refractivity (Wildman–Crippen MR) is 73.7 cm³/mol. The van der Waals surface area contributed by atoms with Crippen LogP contribution in [0.5, 0.6) is 0 Å². The van der Waals surface area contributed by atoms with Gasteiger partial charge in [0.25, 0.3) is 15.2 Å². The van der Waals surface area contributed by atoms with Crippen molar-refractivity contribution in [2.75, 3.05) is 0 Å². The van der Waals surface area contributed by atoms with Crippen LogP contribution in [0.2, 0.25) is 0 Å². The molecule has 0 spiro atoms. The Labute approximate surface area is 117 Å². The van der Waals surface area contributed by atoms with Crippen LogP contribution in [0, 0.1) is 0 Å². The Bertz CT molecular complexity index is 751. The third-order valence-electron chi connectivity index (χ3n) is 3.61. The summed E-state index contributed by atoms with van der Waals surface area (Å²) in [4.78, 5) is 0. The van der Waals surface area contributed by atoms with E-state index in [0.717, 1.165) is 12.8 Å². The first-order valence-electron chi connectivity index (χ1n) is 6.56. The molecule has 6 nitrogen and oxygen atoms in total. The average molecular weight is 292 g/mol. The van der Waals surface area contributed by atoms with Gasteiger partial charge in [0, 0.05) is 12.5 Å². The zero-order valence-corrected chi connectivity index (χ0v) is 12.0. The van der Waals surface area contributed by atoms with Crippen molar-refractivity contribution in [1.29, 1.82) is 0 Å². The summed E-state index contributed by atoms with van der Waals surface area (Å²) in [5.74, 6) is 0.801. The Morgan fingerprint density at radius 3 is 2.75 bits per heavy atom. The van der Waals surface area contributed by atoms with Gasteiger partial charge in [0.2, 0.25) is 0 Å². The Morgan fingerprint density at radius 2 is 2.10 bits per heavy atom. The highest BCUT2D eigenvalue weighted by molar-refractivity contribution is 7.89. The van der Waals surface area contributed by atoms with Crippen LogP contribution >= 0.6 is 0 Å². The topological polar surface area (TPSA) is 90.9 Å². The molecule has 3 rings (SSSR count). The molecule has 1 unspecified atom stereocenters. The van der Waals surface area contributed by atoms with Crippen molar-refractivity contribution in [3.63, 3.8) is 0 Å². The second-order valence-electron chi connectivity index (χ2n) is 4.99. The molecule has 0 saturated heterocycles. The Kier molecular flexibility index (Phi) is 3.10. The smallest absolute Gasteiger partial charge is 0.273 e. The molecule has 20 heavy (non-hydrogen) atoms. The number of hydrogen-bond donors (Lipinski definition) is 1. The van der Waals surface area contributed by atoms with Crippen LogP contribution in [0.25, 0.3) is 0 Å². The van der Waals surface area contributed by atoms with E-state index >= 15 is 0 Å². The molecule has 1 atom stereocenters. The molecular formula is C13H16N4O2S. The lowest BCUT2D eigenvalue weighted by atomic mass is 9.77. The summed E-state index contributed by atoms with van der Waals surface area (Å²) in [6.45, 7) is 2.53. The number of nitrogens with zero attached hydrogens (tertiary/aromatic N) is 3. The van der Waals surface area contributed by atoms with E-state index in [-0.39, 0.29) is 11.1 Å². The van der Waals surface area contributed by atoms with Gasteiger partial charge >= 0.3 is 0 Å². The van der Waals surface area contributed by atoms with E-state index in [4.69, 9.17) is 5.14 Å². The van der Waals surface area contributed by atoms with Gasteiger partial charge < -0.3 is 4.57 Å². The van der Waals surface area contributed by atoms with E-state index in [1.54, 1.807) is 4.57 Å². The van der Waals surface area contributed by atoms with Gasteiger partial charge in [-0.3, -0.25) is 0 Å². The number of sulfonamides is 1. The van der Waals surface area contributed by atoms with Crippen LogP contribution in [-0.4, -0.2) is 23.2 Å². The molecule has 1 heterocycles. The number of primary sulfonamides is 1. The fraction of sp³-hybridized carbons (Fsp3) is 0.385. The van der Waals surface area contributed by atoms with E-state index in [1.807, 2.05) is 25.1 Å². The summed E-state index contributed by atoms with van der Waals surface area (Å²) in [6, 6.07) is 8.10. The summed E-state index contributed by atoms with van der Waals surface area (Å²) in [6.07, 6.45) is 1.66. The highest BCUT2D eigenvalue weighted by Crippen LogP contribution is 2.39. The maximum atomic E-state index is 11.6. The SMILES string of the molecule is CCCn1c(C2Cc3ccccc32)nnc1S(N)(=O)=O. The minimum Gasteiger partial charge on any atom is -0.300 e. The number of benzene rings is 1. The van der Waals surface area contributed by atoms with Crippen LogP contribution < -0.4 is 5.14 Å². The first-order valence-corrected chi connectivity index (χ1v) is 8.10. The lowest BCUT2D eigenvalue weighted by Crippen LogP contribution is -2.24. The number of nitrogens with two attached hydrogens (primary N) is 1. The second kappa shape index (κ2) is 4.68. The van der Waals surface area contributed by atoms with Gasteiger partial charge in [0.05, 0.1) is 0 Å². The molecule has 0 saturated carbocycles. The van der Waals surface area contributed by atoms with Crippen LogP contribution in [0.4, 0.5) is 0 Å². The molecule has 0 aliphatic heterocycles. The number of fused-ring (bicyclic) bond motifs is 1. The highest BCUT2D eigenvalue weighted by atomic mass is 32.2. The lowest BCUT2D eigenvalue weighted by Gasteiger charge is -2.29. The molecule has 1 aromatic carbocycles. The van der Waals surface area contributed by atoms with Crippen LogP contribution in [-0.2, 0) is 23.0 Å². The Balaban J connectivity index is 2.06. The normalized spacial score (nSPS) is 17.6. The van der Waals surface area contributed by atoms with E-state index in [2.05, 4.69) is 16.3 Å². The van der Waals surface area contributed by atoms with Gasteiger partial charge in [-0.2, -0.15) is 0 Å². The molecule has 2 N–H and O–H groups in total. The summed E-state index contributed by atoms with van der Waals surface area (Å²) in [5, 5.41) is 12.9. The van der Waals surface area contributed by atoms with Gasteiger partial charge in [-0.1, -0.05) is 31.2 Å². The first-order chi connectivity index (χ1) is 9.52. The molecule has 1 aliphatic carbocycles. The van der Waals surface area contributed by atoms with Gasteiger partial charge in [0.15, 0.2) is 0 Å². The monoisotopic (exact) mass is 292 g/mol. The van der Waals surface area contributed by atoms with Crippen molar-refractivity contribution < 1.29 is 8.42 Å². The summed E-state index contributed by atoms with van der Waals surface area (Å²) < 4.78 is 24.8. The molecule has 106 valence electrons. The quantitative estimate of drug-likeness (QED) is 0.911. The standard InChI is InChI=1S/C13H16N4O2S/c1-2-7-17-12(15-16-13(17)20(14,18)19)11-8-9-5-3-4-6-10(9)11/h3-6,11H,2,7-8H2,1H3,(H2,14,18,19). The molecule has 0 amide bonds. The molecule has 0 fully saturated rings. The fourth-order valence-electron chi connectivity index (χ4n) is 2.69. The summed E-state index contributed by atoms with van der Waals surface area (Å²) in [7, 11) is -3.84. The third kappa shape index (κ3) is 2.03. The van der Waals surface area contributed by atoms with Crippen molar-refractivity contribution in [2.24, 2.45) is 5.14 Å². The zero-order valence-electron chi connectivity index (χ0n) is 11.2. The summed E-state index contributed by atoms with van der Waals surface area (Å²) in [5.41, 5.74) is 2.47. The molecule has 7 heteroatoms. The number of rotatable bonds is 4. The molecule has 2 aromatic rings.